The molecule has 7 heteroatoms. The van der Waals surface area contributed by atoms with Crippen molar-refractivity contribution in [3.8, 4) is 0 Å². The Kier molecular flexibility index (Phi) is 3.77. The first-order valence-corrected chi connectivity index (χ1v) is 9.47. The summed E-state index contributed by atoms with van der Waals surface area (Å²) in [5.41, 5.74) is 1.92. The van der Waals surface area contributed by atoms with E-state index in [0.29, 0.717) is 10.9 Å². The van der Waals surface area contributed by atoms with E-state index in [4.69, 9.17) is 0 Å². The first-order valence-electron chi connectivity index (χ1n) is 7.84. The fourth-order valence-corrected chi connectivity index (χ4v) is 4.81. The maximum Gasteiger partial charge on any atom is 0.264 e. The molecule has 1 saturated carbocycles. The van der Waals surface area contributed by atoms with Crippen molar-refractivity contribution in [2.24, 2.45) is 4.99 Å². The fourth-order valence-electron chi connectivity index (χ4n) is 3.07. The highest BCUT2D eigenvalue weighted by Gasteiger charge is 2.26. The monoisotopic (exact) mass is 346 g/mol. The molecule has 0 aromatic carbocycles. The second kappa shape index (κ2) is 5.79. The number of carbonyl (C=O) groups excluding carboxylic acids is 1. The van der Waals surface area contributed by atoms with Crippen molar-refractivity contribution >= 4 is 45.2 Å². The summed E-state index contributed by atoms with van der Waals surface area (Å²) < 4.78 is 2.06. The van der Waals surface area contributed by atoms with E-state index >= 15 is 0 Å². The van der Waals surface area contributed by atoms with E-state index in [2.05, 4.69) is 32.8 Å². The zero-order valence-electron chi connectivity index (χ0n) is 13.1. The van der Waals surface area contributed by atoms with Gasteiger partial charge in [0, 0.05) is 11.1 Å². The van der Waals surface area contributed by atoms with Crippen molar-refractivity contribution in [1.82, 2.24) is 14.7 Å². The number of hydrogen-bond donors (Lipinski definition) is 1. The third-order valence-corrected chi connectivity index (χ3v) is 6.03. The van der Waals surface area contributed by atoms with E-state index in [1.165, 1.54) is 29.5 Å². The number of rotatable bonds is 2. The number of aryl methyl sites for hydroxylation is 2. The van der Waals surface area contributed by atoms with Crippen LogP contribution in [0.5, 0.6) is 0 Å². The van der Waals surface area contributed by atoms with Crippen LogP contribution in [0.3, 0.4) is 0 Å². The molecule has 0 atom stereocenters. The zero-order valence-corrected chi connectivity index (χ0v) is 14.8. The summed E-state index contributed by atoms with van der Waals surface area (Å²) in [4.78, 5) is 24.3. The Labute approximate surface area is 142 Å². The summed E-state index contributed by atoms with van der Waals surface area (Å²) >= 11 is 3.10. The number of thiazole rings is 1. The van der Waals surface area contributed by atoms with Crippen molar-refractivity contribution in [3.05, 3.63) is 27.4 Å². The number of imidazole rings is 1. The second-order valence-electron chi connectivity index (χ2n) is 6.01. The fraction of sp³-hybridized carbons (Fsp3) is 0.438. The molecule has 2 aromatic rings. The van der Waals surface area contributed by atoms with Crippen molar-refractivity contribution in [2.45, 2.75) is 45.6 Å². The van der Waals surface area contributed by atoms with Crippen molar-refractivity contribution < 1.29 is 4.79 Å². The van der Waals surface area contributed by atoms with Gasteiger partial charge >= 0.3 is 0 Å². The van der Waals surface area contributed by atoms with Gasteiger partial charge in [-0.2, -0.15) is 0 Å². The van der Waals surface area contributed by atoms with Gasteiger partial charge in [0.15, 0.2) is 10.1 Å². The van der Waals surface area contributed by atoms with Crippen molar-refractivity contribution in [2.75, 3.05) is 0 Å². The number of aliphatic imine (C=N–C) groups is 1. The number of carbonyl (C=O) groups is 1. The van der Waals surface area contributed by atoms with Gasteiger partial charge in [0.25, 0.3) is 5.91 Å². The van der Waals surface area contributed by atoms with Crippen LogP contribution in [0.15, 0.2) is 16.1 Å². The smallest absolute Gasteiger partial charge is 0.264 e. The third-order valence-electron chi connectivity index (χ3n) is 4.21. The summed E-state index contributed by atoms with van der Waals surface area (Å²) in [5, 5.41) is 3.64. The predicted molar refractivity (Wildman–Crippen MR) is 95.9 cm³/mol. The highest BCUT2D eigenvalue weighted by atomic mass is 32.2. The topological polar surface area (TPSA) is 58.8 Å². The molecular formula is C16H18N4OS2. The van der Waals surface area contributed by atoms with Gasteiger partial charge in [0.2, 0.25) is 0 Å². The molecule has 120 valence electrons. The molecular weight excluding hydrogens is 328 g/mol. The number of amidine groups is 1. The van der Waals surface area contributed by atoms with E-state index in [1.54, 1.807) is 11.3 Å². The average molecular weight is 346 g/mol. The molecule has 1 N–H and O–H groups in total. The minimum atomic E-state index is -0.0620. The Morgan fingerprint density at radius 1 is 1.39 bits per heavy atom. The standard InChI is InChI=1S/C16H18N4OS2/c1-9-8-20-12(10(2)17-16(20)22-9)7-13-14(21)19-15(23-13)18-11-5-3-4-6-11/h7-8,11H,3-6H2,1-2H3,(H,18,19,21). The highest BCUT2D eigenvalue weighted by Crippen LogP contribution is 2.30. The van der Waals surface area contributed by atoms with Crippen LogP contribution in [0.4, 0.5) is 0 Å². The SMILES string of the molecule is Cc1cn2c(C=C3SC(=NC4CCCC4)NC3=O)c(C)nc2s1. The highest BCUT2D eigenvalue weighted by molar-refractivity contribution is 8.18. The van der Waals surface area contributed by atoms with Crippen LogP contribution in [0.1, 0.15) is 41.9 Å². The van der Waals surface area contributed by atoms with E-state index in [1.807, 2.05) is 13.0 Å². The summed E-state index contributed by atoms with van der Waals surface area (Å²) in [6.45, 7) is 4.04. The van der Waals surface area contributed by atoms with Crippen LogP contribution in [-0.4, -0.2) is 26.5 Å². The molecule has 0 radical (unpaired) electrons. The molecule has 0 unspecified atom stereocenters. The molecule has 1 saturated heterocycles. The molecule has 3 heterocycles. The molecule has 1 amide bonds. The van der Waals surface area contributed by atoms with E-state index in [0.717, 1.165) is 34.4 Å². The number of nitrogens with zero attached hydrogens (tertiary/aromatic N) is 3. The van der Waals surface area contributed by atoms with Gasteiger partial charge in [-0.05, 0) is 44.5 Å². The Morgan fingerprint density at radius 2 is 2.17 bits per heavy atom. The maximum absolute atomic E-state index is 12.2. The first kappa shape index (κ1) is 15.0. The van der Waals surface area contributed by atoms with E-state index in [-0.39, 0.29) is 5.91 Å². The van der Waals surface area contributed by atoms with E-state index in [9.17, 15) is 4.79 Å². The van der Waals surface area contributed by atoms with Crippen LogP contribution in [0.2, 0.25) is 0 Å². The van der Waals surface area contributed by atoms with E-state index < -0.39 is 0 Å². The molecule has 23 heavy (non-hydrogen) atoms. The Morgan fingerprint density at radius 3 is 2.96 bits per heavy atom. The number of fused-ring (bicyclic) bond motifs is 1. The Balaban J connectivity index is 1.65. The minimum absolute atomic E-state index is 0.0620. The number of amides is 1. The number of hydrogen-bond acceptors (Lipinski definition) is 5. The zero-order chi connectivity index (χ0) is 16.0. The van der Waals surface area contributed by atoms with Crippen molar-refractivity contribution in [1.29, 1.82) is 0 Å². The van der Waals surface area contributed by atoms with Crippen LogP contribution in [0.25, 0.3) is 11.0 Å². The number of nitrogens with one attached hydrogen (secondary N) is 1. The summed E-state index contributed by atoms with van der Waals surface area (Å²) in [6, 6.07) is 0.375. The maximum atomic E-state index is 12.2. The molecule has 2 aromatic heterocycles. The van der Waals surface area contributed by atoms with Gasteiger partial charge < -0.3 is 5.32 Å². The molecule has 0 bridgehead atoms. The Hall–Kier alpha value is -1.60. The molecule has 0 spiro atoms. The van der Waals surface area contributed by atoms with Crippen LogP contribution in [0, 0.1) is 13.8 Å². The van der Waals surface area contributed by atoms with Gasteiger partial charge in [-0.15, -0.1) is 11.3 Å². The van der Waals surface area contributed by atoms with Crippen LogP contribution >= 0.6 is 23.1 Å². The lowest BCUT2D eigenvalue weighted by atomic mass is 10.3. The average Bonchev–Trinajstić information content (AvgIpc) is 3.22. The summed E-state index contributed by atoms with van der Waals surface area (Å²) in [6.07, 6.45) is 8.75. The normalized spacial score (nSPS) is 22.8. The molecule has 1 aliphatic carbocycles. The quantitative estimate of drug-likeness (QED) is 0.847. The van der Waals surface area contributed by atoms with Gasteiger partial charge in [-0.1, -0.05) is 12.8 Å². The van der Waals surface area contributed by atoms with Crippen LogP contribution < -0.4 is 5.32 Å². The molecule has 5 nitrogen and oxygen atoms in total. The minimum Gasteiger partial charge on any atom is -0.301 e. The van der Waals surface area contributed by atoms with Gasteiger partial charge in [-0.25, -0.2) is 4.98 Å². The number of aromatic nitrogens is 2. The molecule has 1 aliphatic heterocycles. The Bertz CT molecular complexity index is 840. The van der Waals surface area contributed by atoms with Gasteiger partial charge in [-0.3, -0.25) is 14.2 Å². The lowest BCUT2D eigenvalue weighted by Gasteiger charge is -2.02. The predicted octanol–water partition coefficient (Wildman–Crippen LogP) is 3.52. The summed E-state index contributed by atoms with van der Waals surface area (Å²) in [7, 11) is 0. The first-order chi connectivity index (χ1) is 11.1. The third kappa shape index (κ3) is 2.83. The van der Waals surface area contributed by atoms with Gasteiger partial charge in [0.05, 0.1) is 22.3 Å². The molecule has 4 rings (SSSR count). The van der Waals surface area contributed by atoms with Gasteiger partial charge in [0.1, 0.15) is 0 Å². The number of thioether (sulfide) groups is 1. The summed E-state index contributed by atoms with van der Waals surface area (Å²) in [5.74, 6) is -0.0620. The molecule has 2 fully saturated rings. The largest absolute Gasteiger partial charge is 0.301 e. The lowest BCUT2D eigenvalue weighted by Crippen LogP contribution is -2.21. The molecule has 2 aliphatic rings. The lowest BCUT2D eigenvalue weighted by molar-refractivity contribution is -0.115. The second-order valence-corrected chi connectivity index (χ2v) is 8.26. The van der Waals surface area contributed by atoms with Crippen molar-refractivity contribution in [3.63, 3.8) is 0 Å². The van der Waals surface area contributed by atoms with Crippen LogP contribution in [-0.2, 0) is 4.79 Å².